The van der Waals surface area contributed by atoms with Gasteiger partial charge in [0, 0.05) is 12.0 Å². The van der Waals surface area contributed by atoms with Crippen LogP contribution in [0.4, 0.5) is 4.79 Å². The molecule has 1 aliphatic heterocycles. The van der Waals surface area contributed by atoms with E-state index < -0.39 is 6.09 Å². The van der Waals surface area contributed by atoms with Crippen LogP contribution in [-0.4, -0.2) is 18.7 Å². The number of rotatable bonds is 6. The maximum absolute atomic E-state index is 12.1. The number of hydrogen-bond acceptors (Lipinski definition) is 3. The number of ether oxygens (including phenoxy) is 2. The monoisotopic (exact) mass is 401 g/mol. The smallest absolute Gasteiger partial charge is 0.407 e. The molecule has 0 bridgehead atoms. The molecule has 154 valence electrons. The quantitative estimate of drug-likeness (QED) is 0.576. The molecule has 0 fully saturated rings. The molecule has 1 atom stereocenters. The summed E-state index contributed by atoms with van der Waals surface area (Å²) in [5.74, 6) is 1.35. The molecule has 1 amide bonds. The molecule has 1 heterocycles. The first kappa shape index (κ1) is 20.0. The Morgan fingerprint density at radius 2 is 1.73 bits per heavy atom. The highest BCUT2D eigenvalue weighted by Gasteiger charge is 2.27. The molecule has 3 aromatic carbocycles. The van der Waals surface area contributed by atoms with Gasteiger partial charge in [0.2, 0.25) is 0 Å². The molecule has 0 saturated heterocycles. The van der Waals surface area contributed by atoms with Crippen LogP contribution in [0.25, 0.3) is 11.1 Å². The van der Waals surface area contributed by atoms with Crippen molar-refractivity contribution >= 4 is 6.09 Å². The summed E-state index contributed by atoms with van der Waals surface area (Å²) < 4.78 is 11.6. The van der Waals surface area contributed by atoms with Crippen LogP contribution in [0.15, 0.2) is 72.8 Å². The van der Waals surface area contributed by atoms with Crippen LogP contribution in [0.2, 0.25) is 0 Å². The second-order valence-corrected chi connectivity index (χ2v) is 7.92. The van der Waals surface area contributed by atoms with Crippen LogP contribution in [0.5, 0.6) is 5.75 Å². The number of carbonyl (C=O) groups excluding carboxylic acids is 1. The molecule has 1 aliphatic rings. The number of carbonyl (C=O) groups is 1. The average Bonchev–Trinajstić information content (AvgIpc) is 3.20. The van der Waals surface area contributed by atoms with Gasteiger partial charge < -0.3 is 14.8 Å². The van der Waals surface area contributed by atoms with Crippen LogP contribution in [0, 0.1) is 0 Å². The second kappa shape index (κ2) is 9.04. The maximum Gasteiger partial charge on any atom is 0.407 e. The van der Waals surface area contributed by atoms with Gasteiger partial charge in [0.15, 0.2) is 0 Å². The molecule has 0 saturated carbocycles. The van der Waals surface area contributed by atoms with Crippen molar-refractivity contribution in [2.45, 2.75) is 38.9 Å². The van der Waals surface area contributed by atoms with Crippen LogP contribution < -0.4 is 10.1 Å². The fourth-order valence-electron chi connectivity index (χ4n) is 3.88. The van der Waals surface area contributed by atoms with Gasteiger partial charge in [0.1, 0.15) is 18.5 Å². The highest BCUT2D eigenvalue weighted by atomic mass is 16.5. The first-order chi connectivity index (χ1) is 14.6. The van der Waals surface area contributed by atoms with Gasteiger partial charge in [-0.15, -0.1) is 0 Å². The van der Waals surface area contributed by atoms with Crippen LogP contribution in [-0.2, 0) is 17.8 Å². The van der Waals surface area contributed by atoms with E-state index in [2.05, 4.69) is 61.6 Å². The summed E-state index contributed by atoms with van der Waals surface area (Å²) in [6.07, 6.45) is 0.242. The van der Waals surface area contributed by atoms with E-state index in [-0.39, 0.29) is 12.7 Å². The first-order valence-corrected chi connectivity index (χ1v) is 10.4. The van der Waals surface area contributed by atoms with Crippen molar-refractivity contribution in [3.05, 3.63) is 89.5 Å². The maximum atomic E-state index is 12.1. The van der Waals surface area contributed by atoms with Crippen molar-refractivity contribution in [2.24, 2.45) is 0 Å². The molecule has 30 heavy (non-hydrogen) atoms. The van der Waals surface area contributed by atoms with E-state index in [1.807, 2.05) is 30.3 Å². The van der Waals surface area contributed by atoms with Gasteiger partial charge in [-0.1, -0.05) is 86.6 Å². The van der Waals surface area contributed by atoms with Gasteiger partial charge >= 0.3 is 6.09 Å². The predicted molar refractivity (Wildman–Crippen MR) is 119 cm³/mol. The number of fused-ring (bicyclic) bond motifs is 1. The highest BCUT2D eigenvalue weighted by molar-refractivity contribution is 5.76. The third-order valence-electron chi connectivity index (χ3n) is 5.39. The Kier molecular flexibility index (Phi) is 6.03. The molecule has 1 unspecified atom stereocenters. The van der Waals surface area contributed by atoms with Crippen molar-refractivity contribution in [1.29, 1.82) is 0 Å². The van der Waals surface area contributed by atoms with E-state index in [9.17, 15) is 4.79 Å². The van der Waals surface area contributed by atoms with Gasteiger partial charge in [0.25, 0.3) is 0 Å². The Hall–Kier alpha value is -3.27. The van der Waals surface area contributed by atoms with Crippen molar-refractivity contribution in [2.75, 3.05) is 6.54 Å². The zero-order valence-electron chi connectivity index (χ0n) is 17.4. The zero-order chi connectivity index (χ0) is 20.9. The second-order valence-electron chi connectivity index (χ2n) is 7.92. The largest absolute Gasteiger partial charge is 0.487 e. The Balaban J connectivity index is 1.39. The summed E-state index contributed by atoms with van der Waals surface area (Å²) >= 11 is 0. The third-order valence-corrected chi connectivity index (χ3v) is 5.39. The molecule has 0 aliphatic carbocycles. The summed E-state index contributed by atoms with van der Waals surface area (Å²) in [6, 6.07) is 24.4. The minimum atomic E-state index is -0.427. The van der Waals surface area contributed by atoms with Gasteiger partial charge in [-0.2, -0.15) is 0 Å². The Morgan fingerprint density at radius 3 is 2.53 bits per heavy atom. The van der Waals surface area contributed by atoms with Gasteiger partial charge in [-0.25, -0.2) is 4.79 Å². The Bertz CT molecular complexity index is 1010. The predicted octanol–water partition coefficient (Wildman–Crippen LogP) is 5.71. The van der Waals surface area contributed by atoms with E-state index in [0.717, 1.165) is 23.3 Å². The van der Waals surface area contributed by atoms with E-state index in [4.69, 9.17) is 9.47 Å². The zero-order valence-corrected chi connectivity index (χ0v) is 17.4. The fraction of sp³-hybridized carbons (Fsp3) is 0.269. The van der Waals surface area contributed by atoms with E-state index in [1.54, 1.807) is 0 Å². The van der Waals surface area contributed by atoms with E-state index in [0.29, 0.717) is 12.5 Å². The average molecular weight is 402 g/mol. The molecule has 0 aromatic heterocycles. The number of hydrogen-bond donors (Lipinski definition) is 1. The summed E-state index contributed by atoms with van der Waals surface area (Å²) in [4.78, 5) is 12.1. The number of alkyl carbamates (subject to hydrolysis) is 1. The van der Waals surface area contributed by atoms with E-state index in [1.165, 1.54) is 16.7 Å². The van der Waals surface area contributed by atoms with Crippen molar-refractivity contribution in [3.8, 4) is 16.9 Å². The SMILES string of the molecule is CC(C)c1ccccc1-c1cccc2c1OC(CNC(=O)OCc1ccccc1)C2. The molecule has 4 rings (SSSR count). The number of benzene rings is 3. The Morgan fingerprint density at radius 1 is 1.00 bits per heavy atom. The molecule has 0 radical (unpaired) electrons. The normalized spacial score (nSPS) is 14.8. The molecular formula is C26H27NO3. The lowest BCUT2D eigenvalue weighted by Crippen LogP contribution is -2.34. The first-order valence-electron chi connectivity index (χ1n) is 10.4. The number of para-hydroxylation sites is 1. The molecule has 4 heteroatoms. The number of nitrogens with one attached hydrogen (secondary N) is 1. The minimum absolute atomic E-state index is 0.100. The topological polar surface area (TPSA) is 47.6 Å². The summed E-state index contributed by atoms with van der Waals surface area (Å²) in [5.41, 5.74) is 5.77. The van der Waals surface area contributed by atoms with Crippen LogP contribution >= 0.6 is 0 Å². The minimum Gasteiger partial charge on any atom is -0.487 e. The van der Waals surface area contributed by atoms with Crippen LogP contribution in [0.1, 0.15) is 36.5 Å². The van der Waals surface area contributed by atoms with Crippen molar-refractivity contribution in [3.63, 3.8) is 0 Å². The lowest BCUT2D eigenvalue weighted by atomic mass is 9.91. The summed E-state index contributed by atoms with van der Waals surface area (Å²) in [5, 5.41) is 2.83. The Labute approximate surface area is 177 Å². The van der Waals surface area contributed by atoms with Crippen molar-refractivity contribution < 1.29 is 14.3 Å². The molecule has 0 spiro atoms. The third kappa shape index (κ3) is 4.48. The summed E-state index contributed by atoms with van der Waals surface area (Å²) in [6.45, 7) is 5.08. The lowest BCUT2D eigenvalue weighted by Gasteiger charge is -2.17. The summed E-state index contributed by atoms with van der Waals surface area (Å²) in [7, 11) is 0. The number of amides is 1. The molecule has 4 nitrogen and oxygen atoms in total. The van der Waals surface area contributed by atoms with E-state index >= 15 is 0 Å². The van der Waals surface area contributed by atoms with Crippen LogP contribution in [0.3, 0.4) is 0 Å². The molecule has 3 aromatic rings. The van der Waals surface area contributed by atoms with Crippen molar-refractivity contribution in [1.82, 2.24) is 5.32 Å². The molecular weight excluding hydrogens is 374 g/mol. The lowest BCUT2D eigenvalue weighted by molar-refractivity contribution is 0.133. The standard InChI is InChI=1S/C26H27NO3/c1-18(2)22-12-6-7-13-23(22)24-14-8-11-20-15-21(30-25(20)24)16-27-26(28)29-17-19-9-4-3-5-10-19/h3-14,18,21H,15-17H2,1-2H3,(H,27,28). The van der Waals surface area contributed by atoms with Gasteiger partial charge in [-0.05, 0) is 28.2 Å². The fourth-order valence-corrected chi connectivity index (χ4v) is 3.88. The highest BCUT2D eigenvalue weighted by Crippen LogP contribution is 2.41. The van der Waals surface area contributed by atoms with Gasteiger partial charge in [0.05, 0.1) is 6.54 Å². The van der Waals surface area contributed by atoms with Gasteiger partial charge in [-0.3, -0.25) is 0 Å². The molecule has 1 N–H and O–H groups in total.